The van der Waals surface area contributed by atoms with E-state index in [0.29, 0.717) is 0 Å². The van der Waals surface area contributed by atoms with Crippen LogP contribution in [0.25, 0.3) is 0 Å². The smallest absolute Gasteiger partial charge is 0.0945 e. The number of nitrogens with zero attached hydrogens (tertiary/aromatic N) is 2. The van der Waals surface area contributed by atoms with Gasteiger partial charge in [-0.05, 0) is 30.5 Å². The Labute approximate surface area is 90.6 Å². The van der Waals surface area contributed by atoms with Crippen molar-refractivity contribution in [1.29, 1.82) is 0 Å². The van der Waals surface area contributed by atoms with Gasteiger partial charge in [0.25, 0.3) is 0 Å². The van der Waals surface area contributed by atoms with Gasteiger partial charge in [-0.1, -0.05) is 18.2 Å². The molecule has 0 unspecified atom stereocenters. The van der Waals surface area contributed by atoms with E-state index in [4.69, 9.17) is 0 Å². The predicted octanol–water partition coefficient (Wildman–Crippen LogP) is 2.63. The highest BCUT2D eigenvalue weighted by atomic mass is 15.0. The molecule has 0 fully saturated rings. The van der Waals surface area contributed by atoms with Crippen molar-refractivity contribution in [1.82, 2.24) is 9.55 Å². The molecule has 1 aromatic carbocycles. The van der Waals surface area contributed by atoms with E-state index in [-0.39, 0.29) is 0 Å². The minimum Gasteiger partial charge on any atom is -0.337 e. The number of imidazole rings is 1. The Kier molecular flexibility index (Phi) is 2.58. The van der Waals surface area contributed by atoms with Gasteiger partial charge in [0.15, 0.2) is 0 Å². The number of rotatable bonds is 2. The lowest BCUT2D eigenvalue weighted by Gasteiger charge is -2.08. The van der Waals surface area contributed by atoms with Gasteiger partial charge in [0.2, 0.25) is 0 Å². The number of benzene rings is 1. The fourth-order valence-electron chi connectivity index (χ4n) is 1.75. The zero-order chi connectivity index (χ0) is 10.8. The van der Waals surface area contributed by atoms with Crippen molar-refractivity contribution in [2.75, 3.05) is 0 Å². The van der Waals surface area contributed by atoms with E-state index < -0.39 is 0 Å². The van der Waals surface area contributed by atoms with E-state index in [0.717, 1.165) is 6.42 Å². The fraction of sp³-hybridized carbons (Fsp3) is 0.308. The molecule has 2 heteroatoms. The normalized spacial score (nSPS) is 10.6. The molecule has 0 saturated heterocycles. The first-order valence-electron chi connectivity index (χ1n) is 5.19. The summed E-state index contributed by atoms with van der Waals surface area (Å²) in [6.45, 7) is 4.34. The zero-order valence-electron chi connectivity index (χ0n) is 9.49. The van der Waals surface area contributed by atoms with Gasteiger partial charge in [0.1, 0.15) is 0 Å². The van der Waals surface area contributed by atoms with Crippen LogP contribution in [0.2, 0.25) is 0 Å². The molecule has 2 nitrogen and oxygen atoms in total. The van der Waals surface area contributed by atoms with Crippen LogP contribution in [0.3, 0.4) is 0 Å². The van der Waals surface area contributed by atoms with E-state index >= 15 is 0 Å². The molecule has 0 aliphatic carbocycles. The van der Waals surface area contributed by atoms with Crippen molar-refractivity contribution in [3.63, 3.8) is 0 Å². The quantitative estimate of drug-likeness (QED) is 0.728. The van der Waals surface area contributed by atoms with E-state index in [1.165, 1.54) is 22.4 Å². The Morgan fingerprint density at radius 3 is 2.73 bits per heavy atom. The highest BCUT2D eigenvalue weighted by Gasteiger charge is 2.04. The average molecular weight is 200 g/mol. The molecule has 1 aromatic heterocycles. The summed E-state index contributed by atoms with van der Waals surface area (Å²) < 4.78 is 2.07. The van der Waals surface area contributed by atoms with Crippen LogP contribution in [0.4, 0.5) is 0 Å². The topological polar surface area (TPSA) is 17.8 Å². The number of hydrogen-bond acceptors (Lipinski definition) is 1. The molecule has 2 aromatic rings. The molecular formula is C13H16N2. The third-order valence-corrected chi connectivity index (χ3v) is 3.00. The SMILES string of the molecule is Cc1cccc(Cc2cncn2C)c1C. The van der Waals surface area contributed by atoms with Gasteiger partial charge < -0.3 is 4.57 Å². The molecule has 0 aliphatic rings. The van der Waals surface area contributed by atoms with Gasteiger partial charge in [-0.15, -0.1) is 0 Å². The summed E-state index contributed by atoms with van der Waals surface area (Å²) in [6, 6.07) is 6.46. The Bertz CT molecular complexity index is 469. The van der Waals surface area contributed by atoms with E-state index in [9.17, 15) is 0 Å². The molecule has 0 bridgehead atoms. The van der Waals surface area contributed by atoms with Crippen molar-refractivity contribution in [2.24, 2.45) is 7.05 Å². The third kappa shape index (κ3) is 1.94. The minimum atomic E-state index is 0.962. The monoisotopic (exact) mass is 200 g/mol. The molecule has 15 heavy (non-hydrogen) atoms. The van der Waals surface area contributed by atoms with E-state index in [2.05, 4.69) is 41.6 Å². The second-order valence-corrected chi connectivity index (χ2v) is 4.03. The van der Waals surface area contributed by atoms with E-state index in [1.807, 2.05) is 19.6 Å². The molecule has 0 amide bonds. The molecule has 0 N–H and O–H groups in total. The Morgan fingerprint density at radius 1 is 1.27 bits per heavy atom. The van der Waals surface area contributed by atoms with Gasteiger partial charge in [-0.3, -0.25) is 0 Å². The van der Waals surface area contributed by atoms with Gasteiger partial charge in [0.05, 0.1) is 6.33 Å². The summed E-state index contributed by atoms with van der Waals surface area (Å²) in [6.07, 6.45) is 4.74. The van der Waals surface area contributed by atoms with Crippen molar-refractivity contribution < 1.29 is 0 Å². The average Bonchev–Trinajstić information content (AvgIpc) is 2.60. The van der Waals surface area contributed by atoms with Crippen LogP contribution in [0.1, 0.15) is 22.4 Å². The summed E-state index contributed by atoms with van der Waals surface area (Å²) >= 11 is 0. The summed E-state index contributed by atoms with van der Waals surface area (Å²) in [5, 5.41) is 0. The minimum absolute atomic E-state index is 0.962. The Hall–Kier alpha value is -1.57. The molecule has 78 valence electrons. The van der Waals surface area contributed by atoms with Crippen LogP contribution in [0.15, 0.2) is 30.7 Å². The van der Waals surface area contributed by atoms with Gasteiger partial charge in [-0.25, -0.2) is 4.98 Å². The molecule has 0 atom stereocenters. The maximum absolute atomic E-state index is 4.13. The van der Waals surface area contributed by atoms with Crippen molar-refractivity contribution in [2.45, 2.75) is 20.3 Å². The van der Waals surface area contributed by atoms with Crippen LogP contribution in [0, 0.1) is 13.8 Å². The molecule has 1 heterocycles. The molecule has 0 radical (unpaired) electrons. The van der Waals surface area contributed by atoms with Crippen molar-refractivity contribution in [3.8, 4) is 0 Å². The largest absolute Gasteiger partial charge is 0.337 e. The lowest BCUT2D eigenvalue weighted by molar-refractivity contribution is 0.842. The first-order valence-corrected chi connectivity index (χ1v) is 5.19. The summed E-state index contributed by atoms with van der Waals surface area (Å²) in [5.74, 6) is 0. The highest BCUT2D eigenvalue weighted by Crippen LogP contribution is 2.16. The lowest BCUT2D eigenvalue weighted by Crippen LogP contribution is -1.99. The van der Waals surface area contributed by atoms with Crippen LogP contribution in [-0.2, 0) is 13.5 Å². The summed E-state index contributed by atoms with van der Waals surface area (Å²) in [4.78, 5) is 4.13. The summed E-state index contributed by atoms with van der Waals surface area (Å²) in [5.41, 5.74) is 5.38. The molecule has 2 rings (SSSR count). The second-order valence-electron chi connectivity index (χ2n) is 4.03. The first-order chi connectivity index (χ1) is 7.18. The van der Waals surface area contributed by atoms with Crippen LogP contribution in [-0.4, -0.2) is 9.55 Å². The number of aryl methyl sites for hydroxylation is 2. The van der Waals surface area contributed by atoms with Crippen LogP contribution >= 0.6 is 0 Å². The molecule has 0 spiro atoms. The third-order valence-electron chi connectivity index (χ3n) is 3.00. The number of hydrogen-bond donors (Lipinski definition) is 0. The standard InChI is InChI=1S/C13H16N2/c1-10-5-4-6-12(11(10)2)7-13-8-14-9-15(13)3/h4-6,8-9H,7H2,1-3H3. The first kappa shape index (κ1) is 9.97. The Morgan fingerprint density at radius 2 is 2.07 bits per heavy atom. The fourth-order valence-corrected chi connectivity index (χ4v) is 1.75. The van der Waals surface area contributed by atoms with Crippen molar-refractivity contribution >= 4 is 0 Å². The van der Waals surface area contributed by atoms with Gasteiger partial charge in [0, 0.05) is 25.4 Å². The molecule has 0 saturated carbocycles. The Balaban J connectivity index is 2.33. The van der Waals surface area contributed by atoms with Gasteiger partial charge in [-0.2, -0.15) is 0 Å². The highest BCUT2D eigenvalue weighted by molar-refractivity contribution is 5.35. The molecular weight excluding hydrogens is 184 g/mol. The van der Waals surface area contributed by atoms with Gasteiger partial charge >= 0.3 is 0 Å². The van der Waals surface area contributed by atoms with Crippen molar-refractivity contribution in [3.05, 3.63) is 53.1 Å². The maximum atomic E-state index is 4.13. The number of aromatic nitrogens is 2. The zero-order valence-corrected chi connectivity index (χ0v) is 9.49. The maximum Gasteiger partial charge on any atom is 0.0945 e. The van der Waals surface area contributed by atoms with E-state index in [1.54, 1.807) is 0 Å². The van der Waals surface area contributed by atoms with Crippen LogP contribution < -0.4 is 0 Å². The molecule has 0 aliphatic heterocycles. The summed E-state index contributed by atoms with van der Waals surface area (Å²) in [7, 11) is 2.04. The second kappa shape index (κ2) is 3.89. The lowest BCUT2D eigenvalue weighted by atomic mass is 10.00. The van der Waals surface area contributed by atoms with Crippen LogP contribution in [0.5, 0.6) is 0 Å². The predicted molar refractivity (Wildman–Crippen MR) is 61.9 cm³/mol.